The van der Waals surface area contributed by atoms with Gasteiger partial charge in [-0.15, -0.1) is 0 Å². The molecule has 0 atom stereocenters. The molecule has 0 spiro atoms. The van der Waals surface area contributed by atoms with Gasteiger partial charge >= 0.3 is 0 Å². The average Bonchev–Trinajstić information content (AvgIpc) is 2.30. The minimum absolute atomic E-state index is 0.191. The number of nitrogens with zero attached hydrogens (tertiary/aromatic N) is 2. The van der Waals surface area contributed by atoms with Gasteiger partial charge in [0.2, 0.25) is 0 Å². The van der Waals surface area contributed by atoms with Crippen molar-refractivity contribution in [2.24, 2.45) is 0 Å². The summed E-state index contributed by atoms with van der Waals surface area (Å²) >= 11 is 13.3. The van der Waals surface area contributed by atoms with Gasteiger partial charge in [0, 0.05) is 17.3 Å². The van der Waals surface area contributed by atoms with E-state index in [1.807, 2.05) is 6.26 Å². The Morgan fingerprint density at radius 3 is 2.65 bits per heavy atom. The van der Waals surface area contributed by atoms with Crippen molar-refractivity contribution in [2.45, 2.75) is 5.16 Å². The molecule has 0 radical (unpaired) electrons. The van der Waals surface area contributed by atoms with E-state index in [0.717, 1.165) is 0 Å². The second-order valence-corrected chi connectivity index (χ2v) is 4.70. The molecule has 0 aliphatic carbocycles. The molecule has 1 heterocycles. The number of halogens is 3. The number of hydrogen-bond donors (Lipinski definition) is 0. The first-order valence-corrected chi connectivity index (χ1v) is 6.62. The van der Waals surface area contributed by atoms with Crippen LogP contribution in [0.25, 0.3) is 11.1 Å². The molecule has 0 amide bonds. The van der Waals surface area contributed by atoms with Crippen molar-refractivity contribution >= 4 is 35.0 Å². The van der Waals surface area contributed by atoms with Gasteiger partial charge in [-0.2, -0.15) is 0 Å². The lowest BCUT2D eigenvalue weighted by atomic mass is 10.1. The van der Waals surface area contributed by atoms with Crippen LogP contribution in [0.1, 0.15) is 0 Å². The van der Waals surface area contributed by atoms with Crippen LogP contribution in [-0.2, 0) is 0 Å². The molecule has 0 saturated carbocycles. The molecule has 2 rings (SSSR count). The molecule has 88 valence electrons. The van der Waals surface area contributed by atoms with Crippen LogP contribution in [-0.4, -0.2) is 16.2 Å². The van der Waals surface area contributed by atoms with E-state index < -0.39 is 5.82 Å². The minimum Gasteiger partial charge on any atom is -0.230 e. The Labute approximate surface area is 112 Å². The first kappa shape index (κ1) is 12.6. The minimum atomic E-state index is -0.445. The normalized spacial score (nSPS) is 10.6. The van der Waals surface area contributed by atoms with Crippen LogP contribution in [0.2, 0.25) is 10.2 Å². The Morgan fingerprint density at radius 1 is 1.29 bits per heavy atom. The summed E-state index contributed by atoms with van der Waals surface area (Å²) in [6.45, 7) is 0. The van der Waals surface area contributed by atoms with Crippen LogP contribution in [0.5, 0.6) is 0 Å². The number of hydrogen-bond acceptors (Lipinski definition) is 3. The molecule has 0 aliphatic rings. The molecule has 1 aromatic heterocycles. The Balaban J connectivity index is 2.61. The van der Waals surface area contributed by atoms with E-state index in [2.05, 4.69) is 9.97 Å². The standard InChI is InChI=1S/C11H7Cl2FN2S/c1-17-11-15-5-6(10(13)16-11)9-7(12)3-2-4-8(9)14/h2-5H,1H3. The van der Waals surface area contributed by atoms with E-state index >= 15 is 0 Å². The van der Waals surface area contributed by atoms with Crippen LogP contribution in [0, 0.1) is 5.82 Å². The summed E-state index contributed by atoms with van der Waals surface area (Å²) in [5.41, 5.74) is 0.624. The Morgan fingerprint density at radius 2 is 2.06 bits per heavy atom. The Kier molecular flexibility index (Phi) is 3.86. The quantitative estimate of drug-likeness (QED) is 0.468. The zero-order valence-corrected chi connectivity index (χ0v) is 11.1. The molecule has 0 unspecified atom stereocenters. The van der Waals surface area contributed by atoms with Crippen LogP contribution < -0.4 is 0 Å². The van der Waals surface area contributed by atoms with E-state index in [1.165, 1.54) is 30.1 Å². The smallest absolute Gasteiger partial charge is 0.188 e. The fourth-order valence-electron chi connectivity index (χ4n) is 1.37. The fraction of sp³-hybridized carbons (Fsp3) is 0.0909. The maximum absolute atomic E-state index is 13.7. The summed E-state index contributed by atoms with van der Waals surface area (Å²) < 4.78 is 13.7. The van der Waals surface area contributed by atoms with Crippen molar-refractivity contribution < 1.29 is 4.39 Å². The van der Waals surface area contributed by atoms with E-state index in [0.29, 0.717) is 10.7 Å². The van der Waals surface area contributed by atoms with E-state index in [-0.39, 0.29) is 15.7 Å². The molecule has 0 bridgehead atoms. The van der Waals surface area contributed by atoms with Gasteiger partial charge in [0.25, 0.3) is 0 Å². The lowest BCUT2D eigenvalue weighted by Crippen LogP contribution is -1.93. The lowest BCUT2D eigenvalue weighted by Gasteiger charge is -2.07. The predicted molar refractivity (Wildman–Crippen MR) is 69.2 cm³/mol. The SMILES string of the molecule is CSc1ncc(-c2c(F)cccc2Cl)c(Cl)n1. The van der Waals surface area contributed by atoms with Crippen molar-refractivity contribution in [3.8, 4) is 11.1 Å². The second-order valence-electron chi connectivity index (χ2n) is 3.16. The molecule has 0 N–H and O–H groups in total. The van der Waals surface area contributed by atoms with E-state index in [1.54, 1.807) is 6.07 Å². The summed E-state index contributed by atoms with van der Waals surface area (Å²) in [7, 11) is 0. The zero-order chi connectivity index (χ0) is 12.4. The van der Waals surface area contributed by atoms with Crippen LogP contribution in [0.3, 0.4) is 0 Å². The van der Waals surface area contributed by atoms with E-state index in [4.69, 9.17) is 23.2 Å². The van der Waals surface area contributed by atoms with E-state index in [9.17, 15) is 4.39 Å². The fourth-order valence-corrected chi connectivity index (χ4v) is 2.25. The molecular formula is C11H7Cl2FN2S. The Hall–Kier alpha value is -0.840. The van der Waals surface area contributed by atoms with Crippen molar-refractivity contribution in [3.05, 3.63) is 40.4 Å². The topological polar surface area (TPSA) is 25.8 Å². The van der Waals surface area contributed by atoms with Crippen molar-refractivity contribution in [2.75, 3.05) is 6.26 Å². The van der Waals surface area contributed by atoms with Gasteiger partial charge in [-0.25, -0.2) is 14.4 Å². The van der Waals surface area contributed by atoms with Gasteiger partial charge in [0.05, 0.1) is 5.02 Å². The highest BCUT2D eigenvalue weighted by atomic mass is 35.5. The first-order valence-electron chi connectivity index (χ1n) is 4.64. The maximum atomic E-state index is 13.7. The third-order valence-corrected chi connectivity index (χ3v) is 3.30. The summed E-state index contributed by atoms with van der Waals surface area (Å²) in [6.07, 6.45) is 3.31. The van der Waals surface area contributed by atoms with Gasteiger partial charge in [-0.3, -0.25) is 0 Å². The molecule has 6 heteroatoms. The van der Waals surface area contributed by atoms with Crippen LogP contribution in [0.15, 0.2) is 29.6 Å². The first-order chi connectivity index (χ1) is 8.13. The Bertz CT molecular complexity index is 543. The molecule has 17 heavy (non-hydrogen) atoms. The average molecular weight is 289 g/mol. The number of thioether (sulfide) groups is 1. The number of rotatable bonds is 2. The largest absolute Gasteiger partial charge is 0.230 e. The number of aromatic nitrogens is 2. The highest BCUT2D eigenvalue weighted by Gasteiger charge is 2.14. The van der Waals surface area contributed by atoms with Gasteiger partial charge in [0.1, 0.15) is 11.0 Å². The highest BCUT2D eigenvalue weighted by Crippen LogP contribution is 2.34. The molecule has 2 aromatic rings. The van der Waals surface area contributed by atoms with Crippen LogP contribution >= 0.6 is 35.0 Å². The van der Waals surface area contributed by atoms with Crippen molar-refractivity contribution in [3.63, 3.8) is 0 Å². The molecule has 0 saturated heterocycles. The van der Waals surface area contributed by atoms with Gasteiger partial charge in [-0.1, -0.05) is 41.0 Å². The van der Waals surface area contributed by atoms with Crippen molar-refractivity contribution in [1.82, 2.24) is 9.97 Å². The molecule has 0 aliphatic heterocycles. The van der Waals surface area contributed by atoms with Crippen molar-refractivity contribution in [1.29, 1.82) is 0 Å². The third-order valence-electron chi connectivity index (χ3n) is 2.13. The summed E-state index contributed by atoms with van der Waals surface area (Å²) in [4.78, 5) is 8.10. The monoisotopic (exact) mass is 288 g/mol. The van der Waals surface area contributed by atoms with Gasteiger partial charge < -0.3 is 0 Å². The zero-order valence-electron chi connectivity index (χ0n) is 8.75. The summed E-state index contributed by atoms with van der Waals surface area (Å²) in [5.74, 6) is -0.445. The second kappa shape index (κ2) is 5.21. The highest BCUT2D eigenvalue weighted by molar-refractivity contribution is 7.98. The lowest BCUT2D eigenvalue weighted by molar-refractivity contribution is 0.631. The van der Waals surface area contributed by atoms with Crippen LogP contribution in [0.4, 0.5) is 4.39 Å². The molecule has 2 nitrogen and oxygen atoms in total. The predicted octanol–water partition coefficient (Wildman–Crippen LogP) is 4.31. The summed E-state index contributed by atoms with van der Waals surface area (Å²) in [6, 6.07) is 4.45. The third kappa shape index (κ3) is 2.54. The molecule has 0 fully saturated rings. The summed E-state index contributed by atoms with van der Waals surface area (Å²) in [5, 5.41) is 1.01. The number of benzene rings is 1. The molecule has 1 aromatic carbocycles. The van der Waals surface area contributed by atoms with Gasteiger partial charge in [0.15, 0.2) is 5.16 Å². The molecular weight excluding hydrogens is 282 g/mol. The van der Waals surface area contributed by atoms with Gasteiger partial charge in [-0.05, 0) is 18.4 Å². The maximum Gasteiger partial charge on any atom is 0.188 e.